The van der Waals surface area contributed by atoms with Crippen molar-refractivity contribution in [2.24, 2.45) is 5.92 Å². The zero-order valence-corrected chi connectivity index (χ0v) is 17.1. The van der Waals surface area contributed by atoms with Crippen LogP contribution in [-0.2, 0) is 0 Å². The van der Waals surface area contributed by atoms with Crippen molar-refractivity contribution in [3.05, 3.63) is 96.1 Å². The molecule has 1 aliphatic rings. The third kappa shape index (κ3) is 3.37. The number of halogens is 1. The molecule has 1 atom stereocenters. The standard InChI is InChI=1S/C23H25ClOSi/c1-18-19(11-10-16-22(18)24)17-23(2,3)26(25,20-12-6-4-7-13-20)21-14-8-5-9-15-21/h4-16,19,25H,1,17H2,2-3H3. The van der Waals surface area contributed by atoms with E-state index in [0.29, 0.717) is 5.03 Å². The minimum Gasteiger partial charge on any atom is -0.424 e. The Bertz CT molecular complexity index is 798. The van der Waals surface area contributed by atoms with Crippen molar-refractivity contribution >= 4 is 30.3 Å². The first-order valence-electron chi connectivity index (χ1n) is 8.93. The lowest BCUT2D eigenvalue weighted by Gasteiger charge is -2.43. The summed E-state index contributed by atoms with van der Waals surface area (Å²) in [5.41, 5.74) is 0.930. The van der Waals surface area contributed by atoms with Crippen LogP contribution in [-0.4, -0.2) is 13.1 Å². The van der Waals surface area contributed by atoms with Crippen LogP contribution in [0.5, 0.6) is 0 Å². The van der Waals surface area contributed by atoms with Crippen LogP contribution >= 0.6 is 11.6 Å². The molecule has 3 rings (SSSR count). The highest BCUT2D eigenvalue weighted by molar-refractivity contribution is 6.98. The molecular formula is C23H25ClOSi. The fourth-order valence-corrected chi connectivity index (χ4v) is 7.84. The Balaban J connectivity index is 2.05. The highest BCUT2D eigenvalue weighted by atomic mass is 35.5. The molecule has 26 heavy (non-hydrogen) atoms. The largest absolute Gasteiger partial charge is 0.424 e. The van der Waals surface area contributed by atoms with E-state index >= 15 is 0 Å². The Morgan fingerprint density at radius 1 is 1.00 bits per heavy atom. The first-order chi connectivity index (χ1) is 12.4. The molecule has 1 unspecified atom stereocenters. The molecule has 0 bridgehead atoms. The minimum atomic E-state index is -3.00. The Morgan fingerprint density at radius 2 is 1.50 bits per heavy atom. The molecule has 2 aromatic carbocycles. The third-order valence-corrected chi connectivity index (χ3v) is 10.3. The van der Waals surface area contributed by atoms with E-state index in [1.807, 2.05) is 48.6 Å². The molecule has 134 valence electrons. The maximum absolute atomic E-state index is 12.2. The molecule has 0 heterocycles. The van der Waals surface area contributed by atoms with E-state index in [0.717, 1.165) is 22.4 Å². The van der Waals surface area contributed by atoms with Gasteiger partial charge in [-0.3, -0.25) is 0 Å². The topological polar surface area (TPSA) is 20.2 Å². The molecule has 0 radical (unpaired) electrons. The molecule has 1 N–H and O–H groups in total. The Labute approximate surface area is 162 Å². The van der Waals surface area contributed by atoms with E-state index in [2.05, 4.69) is 50.8 Å². The summed E-state index contributed by atoms with van der Waals surface area (Å²) in [6, 6.07) is 20.2. The molecule has 0 amide bonds. The van der Waals surface area contributed by atoms with E-state index in [1.165, 1.54) is 0 Å². The van der Waals surface area contributed by atoms with E-state index in [9.17, 15) is 4.80 Å². The van der Waals surface area contributed by atoms with Gasteiger partial charge in [-0.15, -0.1) is 0 Å². The van der Waals surface area contributed by atoms with Gasteiger partial charge in [-0.2, -0.15) is 0 Å². The van der Waals surface area contributed by atoms with E-state index in [-0.39, 0.29) is 11.0 Å². The van der Waals surface area contributed by atoms with Gasteiger partial charge < -0.3 is 4.80 Å². The number of rotatable bonds is 5. The summed E-state index contributed by atoms with van der Waals surface area (Å²) >= 11 is 6.30. The second kappa shape index (κ2) is 7.40. The minimum absolute atomic E-state index is 0.133. The summed E-state index contributed by atoms with van der Waals surface area (Å²) < 4.78 is 0. The molecule has 3 heteroatoms. The molecule has 0 aromatic heterocycles. The summed E-state index contributed by atoms with van der Waals surface area (Å²) in [4.78, 5) is 12.2. The maximum Gasteiger partial charge on any atom is 0.258 e. The molecule has 0 saturated heterocycles. The van der Waals surface area contributed by atoms with Crippen molar-refractivity contribution < 1.29 is 4.80 Å². The summed E-state index contributed by atoms with van der Waals surface area (Å²) in [6.07, 6.45) is 6.80. The zero-order valence-electron chi connectivity index (χ0n) is 15.3. The lowest BCUT2D eigenvalue weighted by Crippen LogP contribution is -2.65. The van der Waals surface area contributed by atoms with Crippen LogP contribution in [0.1, 0.15) is 20.3 Å². The second-order valence-corrected chi connectivity index (χ2v) is 11.9. The first kappa shape index (κ1) is 18.9. The molecule has 0 saturated carbocycles. The summed E-state index contributed by atoms with van der Waals surface area (Å²) in [5.74, 6) is 0.133. The molecule has 0 spiro atoms. The van der Waals surface area contributed by atoms with Crippen LogP contribution in [0.2, 0.25) is 5.04 Å². The summed E-state index contributed by atoms with van der Waals surface area (Å²) in [7, 11) is -3.00. The fourth-order valence-electron chi connectivity index (χ4n) is 3.87. The van der Waals surface area contributed by atoms with Crippen molar-refractivity contribution in [3.63, 3.8) is 0 Å². The molecular weight excluding hydrogens is 356 g/mol. The van der Waals surface area contributed by atoms with Crippen LogP contribution in [0.4, 0.5) is 0 Å². The average molecular weight is 381 g/mol. The predicted octanol–water partition coefficient (Wildman–Crippen LogP) is 4.77. The molecule has 0 fully saturated rings. The van der Waals surface area contributed by atoms with Gasteiger partial charge in [0.05, 0.1) is 0 Å². The zero-order chi connectivity index (χ0) is 18.8. The van der Waals surface area contributed by atoms with Crippen molar-refractivity contribution in [3.8, 4) is 0 Å². The average Bonchev–Trinajstić information content (AvgIpc) is 2.66. The molecule has 1 nitrogen and oxygen atoms in total. The van der Waals surface area contributed by atoms with Crippen LogP contribution in [0.25, 0.3) is 0 Å². The quantitative estimate of drug-likeness (QED) is 0.740. The van der Waals surface area contributed by atoms with Crippen molar-refractivity contribution in [2.45, 2.75) is 25.3 Å². The van der Waals surface area contributed by atoms with Gasteiger partial charge in [-0.1, -0.05) is 105 Å². The highest BCUT2D eigenvalue weighted by Gasteiger charge is 2.50. The van der Waals surface area contributed by atoms with Gasteiger partial charge in [0.1, 0.15) is 0 Å². The van der Waals surface area contributed by atoms with Crippen LogP contribution in [0.3, 0.4) is 0 Å². The van der Waals surface area contributed by atoms with Gasteiger partial charge in [-0.05, 0) is 33.5 Å². The Morgan fingerprint density at radius 3 is 2.00 bits per heavy atom. The molecule has 1 aliphatic carbocycles. The number of hydrogen-bond acceptors (Lipinski definition) is 1. The number of benzene rings is 2. The lowest BCUT2D eigenvalue weighted by atomic mass is 9.87. The van der Waals surface area contributed by atoms with Crippen molar-refractivity contribution in [1.82, 2.24) is 0 Å². The lowest BCUT2D eigenvalue weighted by molar-refractivity contribution is 0.442. The summed E-state index contributed by atoms with van der Waals surface area (Å²) in [5, 5.41) is 2.45. The van der Waals surface area contributed by atoms with E-state index in [1.54, 1.807) is 0 Å². The predicted molar refractivity (Wildman–Crippen MR) is 114 cm³/mol. The molecule has 0 aliphatic heterocycles. The smallest absolute Gasteiger partial charge is 0.258 e. The van der Waals surface area contributed by atoms with Gasteiger partial charge in [-0.25, -0.2) is 0 Å². The SMILES string of the molecule is C=C1C(Cl)=CC=CC1CC(C)(C)[Si](O)(c1ccccc1)c1ccccc1. The van der Waals surface area contributed by atoms with Gasteiger partial charge in [0.25, 0.3) is 8.32 Å². The highest BCUT2D eigenvalue weighted by Crippen LogP contribution is 2.45. The Hall–Kier alpha value is -1.87. The van der Waals surface area contributed by atoms with Crippen LogP contribution < -0.4 is 10.4 Å². The van der Waals surface area contributed by atoms with Gasteiger partial charge in [0, 0.05) is 11.0 Å². The van der Waals surface area contributed by atoms with Gasteiger partial charge >= 0.3 is 0 Å². The monoisotopic (exact) mass is 380 g/mol. The van der Waals surface area contributed by atoms with Crippen molar-refractivity contribution in [1.29, 1.82) is 0 Å². The third-order valence-electron chi connectivity index (χ3n) is 5.43. The van der Waals surface area contributed by atoms with Crippen LogP contribution in [0.15, 0.2) is 96.1 Å². The summed E-state index contributed by atoms with van der Waals surface area (Å²) in [6.45, 7) is 8.52. The van der Waals surface area contributed by atoms with Gasteiger partial charge in [0.2, 0.25) is 0 Å². The first-order valence-corrected chi connectivity index (χ1v) is 11.3. The van der Waals surface area contributed by atoms with E-state index < -0.39 is 8.32 Å². The fraction of sp³-hybridized carbons (Fsp3) is 0.217. The Kier molecular flexibility index (Phi) is 5.38. The van der Waals surface area contributed by atoms with E-state index in [4.69, 9.17) is 11.6 Å². The maximum atomic E-state index is 12.2. The number of hydrogen-bond donors (Lipinski definition) is 1. The van der Waals surface area contributed by atoms with Crippen molar-refractivity contribution in [2.75, 3.05) is 0 Å². The van der Waals surface area contributed by atoms with Crippen LogP contribution in [0, 0.1) is 5.92 Å². The normalized spacial score (nSPS) is 17.9. The second-order valence-electron chi connectivity index (χ2n) is 7.56. The number of allylic oxidation sites excluding steroid dienone is 5. The molecule has 2 aromatic rings. The van der Waals surface area contributed by atoms with Gasteiger partial charge in [0.15, 0.2) is 0 Å².